The lowest BCUT2D eigenvalue weighted by atomic mass is 10.1. The van der Waals surface area contributed by atoms with E-state index in [2.05, 4.69) is 4.98 Å². The van der Waals surface area contributed by atoms with E-state index >= 15 is 0 Å². The first-order chi connectivity index (χ1) is 11.5. The Labute approximate surface area is 136 Å². The molecule has 0 spiro atoms. The Balaban J connectivity index is 1.58. The van der Waals surface area contributed by atoms with E-state index in [0.29, 0.717) is 37.7 Å². The zero-order valence-electron chi connectivity index (χ0n) is 12.7. The predicted molar refractivity (Wildman–Crippen MR) is 80.1 cm³/mol. The monoisotopic (exact) mass is 336 g/mol. The van der Waals surface area contributed by atoms with E-state index in [0.717, 1.165) is 6.20 Å². The molecule has 2 aromatic rings. The van der Waals surface area contributed by atoms with Crippen molar-refractivity contribution in [1.29, 1.82) is 0 Å². The Hall–Kier alpha value is -2.57. The fraction of sp³-hybridized carbons (Fsp3) is 0.294. The number of piperidine rings is 1. The van der Waals surface area contributed by atoms with Crippen LogP contribution in [-0.4, -0.2) is 35.0 Å². The second-order valence-corrected chi connectivity index (χ2v) is 5.55. The fourth-order valence-electron chi connectivity index (χ4n) is 2.60. The highest BCUT2D eigenvalue weighted by atomic mass is 19.1. The molecule has 0 saturated carbocycles. The number of carbonyl (C=O) groups is 1. The van der Waals surface area contributed by atoms with Crippen molar-refractivity contribution in [1.82, 2.24) is 9.88 Å². The smallest absolute Gasteiger partial charge is 0.275 e. The van der Waals surface area contributed by atoms with Gasteiger partial charge in [0, 0.05) is 32.0 Å². The molecule has 3 rings (SSSR count). The first-order valence-corrected chi connectivity index (χ1v) is 7.55. The molecule has 1 aliphatic rings. The number of carbonyl (C=O) groups excluding carboxylic acids is 1. The molecular weight excluding hydrogens is 321 g/mol. The molecule has 24 heavy (non-hydrogen) atoms. The third kappa shape index (κ3) is 3.67. The van der Waals surface area contributed by atoms with Crippen LogP contribution in [0.15, 0.2) is 36.5 Å². The third-order valence-corrected chi connectivity index (χ3v) is 3.86. The van der Waals surface area contributed by atoms with Gasteiger partial charge >= 0.3 is 0 Å². The van der Waals surface area contributed by atoms with Crippen LogP contribution in [0.25, 0.3) is 0 Å². The summed E-state index contributed by atoms with van der Waals surface area (Å²) in [5.41, 5.74) is -0.380. The van der Waals surface area contributed by atoms with Crippen molar-refractivity contribution in [3.8, 4) is 5.75 Å². The summed E-state index contributed by atoms with van der Waals surface area (Å²) < 4.78 is 45.1. The number of aromatic nitrogens is 1. The van der Waals surface area contributed by atoms with Crippen molar-refractivity contribution in [3.63, 3.8) is 0 Å². The van der Waals surface area contributed by atoms with Gasteiger partial charge in [-0.15, -0.1) is 0 Å². The summed E-state index contributed by atoms with van der Waals surface area (Å²) in [6, 6.07) is 6.37. The average Bonchev–Trinajstić information content (AvgIpc) is 2.57. The number of halogens is 3. The second-order valence-electron chi connectivity index (χ2n) is 5.55. The molecule has 0 aliphatic carbocycles. The number of benzene rings is 1. The Kier molecular flexibility index (Phi) is 4.69. The van der Waals surface area contributed by atoms with Crippen LogP contribution in [0.4, 0.5) is 13.2 Å². The van der Waals surface area contributed by atoms with Crippen molar-refractivity contribution < 1.29 is 22.7 Å². The van der Waals surface area contributed by atoms with Crippen molar-refractivity contribution in [3.05, 3.63) is 59.7 Å². The van der Waals surface area contributed by atoms with Gasteiger partial charge in [-0.2, -0.15) is 0 Å². The topological polar surface area (TPSA) is 42.4 Å². The SMILES string of the molecule is O=C(c1ncc(F)cc1F)N1CCC(Oc2ccc(F)cc2)CC1. The quantitative estimate of drug-likeness (QED) is 0.864. The summed E-state index contributed by atoms with van der Waals surface area (Å²) in [4.78, 5) is 17.3. The molecule has 1 aromatic heterocycles. The molecule has 0 N–H and O–H groups in total. The van der Waals surface area contributed by atoms with Crippen molar-refractivity contribution in [2.45, 2.75) is 18.9 Å². The number of amides is 1. The summed E-state index contributed by atoms with van der Waals surface area (Å²) in [5, 5.41) is 0. The van der Waals surface area contributed by atoms with Crippen LogP contribution in [-0.2, 0) is 0 Å². The van der Waals surface area contributed by atoms with Gasteiger partial charge in [0.1, 0.15) is 23.5 Å². The van der Waals surface area contributed by atoms with Crippen LogP contribution in [0.5, 0.6) is 5.75 Å². The molecule has 0 bridgehead atoms. The van der Waals surface area contributed by atoms with Crippen LogP contribution in [0.3, 0.4) is 0 Å². The van der Waals surface area contributed by atoms with Gasteiger partial charge in [0.15, 0.2) is 11.5 Å². The van der Waals surface area contributed by atoms with E-state index in [1.807, 2.05) is 0 Å². The highest BCUT2D eigenvalue weighted by Crippen LogP contribution is 2.20. The predicted octanol–water partition coefficient (Wildman–Crippen LogP) is 3.18. The minimum Gasteiger partial charge on any atom is -0.490 e. The highest BCUT2D eigenvalue weighted by molar-refractivity contribution is 5.92. The summed E-state index contributed by atoms with van der Waals surface area (Å²) in [6.45, 7) is 0.756. The van der Waals surface area contributed by atoms with Crippen LogP contribution < -0.4 is 4.74 Å². The first kappa shape index (κ1) is 16.3. The minimum absolute atomic E-state index is 0.106. The minimum atomic E-state index is -0.968. The number of likely N-dealkylation sites (tertiary alicyclic amines) is 1. The summed E-state index contributed by atoms with van der Waals surface area (Å²) in [7, 11) is 0. The molecule has 4 nitrogen and oxygen atoms in total. The van der Waals surface area contributed by atoms with Gasteiger partial charge in [-0.1, -0.05) is 0 Å². The maximum atomic E-state index is 13.6. The van der Waals surface area contributed by atoms with Gasteiger partial charge in [0.05, 0.1) is 6.20 Å². The van der Waals surface area contributed by atoms with E-state index < -0.39 is 17.5 Å². The molecule has 0 unspecified atom stereocenters. The van der Waals surface area contributed by atoms with Crippen molar-refractivity contribution in [2.24, 2.45) is 0 Å². The molecule has 1 aromatic carbocycles. The Bertz CT molecular complexity index is 729. The molecule has 1 aliphatic heterocycles. The zero-order chi connectivity index (χ0) is 17.1. The number of hydrogen-bond acceptors (Lipinski definition) is 3. The van der Waals surface area contributed by atoms with Gasteiger partial charge < -0.3 is 9.64 Å². The van der Waals surface area contributed by atoms with Crippen LogP contribution in [0.2, 0.25) is 0 Å². The van der Waals surface area contributed by atoms with E-state index in [1.54, 1.807) is 12.1 Å². The molecule has 1 amide bonds. The highest BCUT2D eigenvalue weighted by Gasteiger charge is 2.27. The number of ether oxygens (including phenoxy) is 1. The Morgan fingerprint density at radius 1 is 1.08 bits per heavy atom. The van der Waals surface area contributed by atoms with Gasteiger partial charge in [-0.3, -0.25) is 4.79 Å². The van der Waals surface area contributed by atoms with Gasteiger partial charge in [0.2, 0.25) is 0 Å². The lowest BCUT2D eigenvalue weighted by Crippen LogP contribution is -2.42. The summed E-state index contributed by atoms with van der Waals surface area (Å²) >= 11 is 0. The van der Waals surface area contributed by atoms with Crippen LogP contribution >= 0.6 is 0 Å². The zero-order valence-corrected chi connectivity index (χ0v) is 12.7. The van der Waals surface area contributed by atoms with E-state index in [-0.39, 0.29) is 17.6 Å². The Morgan fingerprint density at radius 3 is 2.38 bits per heavy atom. The maximum Gasteiger partial charge on any atom is 0.275 e. The Morgan fingerprint density at radius 2 is 1.75 bits per heavy atom. The molecule has 1 saturated heterocycles. The average molecular weight is 336 g/mol. The largest absolute Gasteiger partial charge is 0.490 e. The van der Waals surface area contributed by atoms with Gasteiger partial charge in [0.25, 0.3) is 5.91 Å². The normalized spacial score (nSPS) is 15.4. The number of pyridine rings is 1. The molecule has 126 valence electrons. The molecule has 1 fully saturated rings. The molecule has 7 heteroatoms. The van der Waals surface area contributed by atoms with Crippen molar-refractivity contribution >= 4 is 5.91 Å². The number of hydrogen-bond donors (Lipinski definition) is 0. The standard InChI is InChI=1S/C17H15F3N2O2/c18-11-1-3-13(4-2-11)24-14-5-7-22(8-6-14)17(23)16-15(20)9-12(19)10-21-16/h1-4,9-10,14H,5-8H2. The summed E-state index contributed by atoms with van der Waals surface area (Å²) in [5.74, 6) is -2.13. The van der Waals surface area contributed by atoms with E-state index in [4.69, 9.17) is 4.74 Å². The van der Waals surface area contributed by atoms with Crippen molar-refractivity contribution in [2.75, 3.05) is 13.1 Å². The maximum absolute atomic E-state index is 13.6. The fourth-order valence-corrected chi connectivity index (χ4v) is 2.60. The van der Waals surface area contributed by atoms with Gasteiger partial charge in [-0.25, -0.2) is 18.2 Å². The van der Waals surface area contributed by atoms with Gasteiger partial charge in [-0.05, 0) is 24.3 Å². The number of rotatable bonds is 3. The first-order valence-electron chi connectivity index (χ1n) is 7.55. The van der Waals surface area contributed by atoms with E-state index in [9.17, 15) is 18.0 Å². The lowest BCUT2D eigenvalue weighted by Gasteiger charge is -2.32. The van der Waals surface area contributed by atoms with E-state index in [1.165, 1.54) is 17.0 Å². The lowest BCUT2D eigenvalue weighted by molar-refractivity contribution is 0.0585. The molecular formula is C17H15F3N2O2. The second kappa shape index (κ2) is 6.90. The summed E-state index contributed by atoms with van der Waals surface area (Å²) in [6.07, 6.45) is 1.84. The van der Waals surface area contributed by atoms with Crippen LogP contribution in [0, 0.1) is 17.5 Å². The third-order valence-electron chi connectivity index (χ3n) is 3.86. The number of nitrogens with zero attached hydrogens (tertiary/aromatic N) is 2. The molecule has 2 heterocycles. The van der Waals surface area contributed by atoms with Crippen LogP contribution in [0.1, 0.15) is 23.3 Å². The molecule has 0 atom stereocenters. The molecule has 0 radical (unpaired) electrons.